The molecular weight excluding hydrogens is 318 g/mol. The van der Waals surface area contributed by atoms with Crippen LogP contribution in [-0.2, 0) is 11.3 Å². The van der Waals surface area contributed by atoms with Crippen LogP contribution >= 0.6 is 0 Å². The third-order valence-corrected chi connectivity index (χ3v) is 3.55. The van der Waals surface area contributed by atoms with Crippen molar-refractivity contribution in [1.29, 1.82) is 0 Å². The first-order valence-electron chi connectivity index (χ1n) is 7.65. The highest BCUT2D eigenvalue weighted by atomic mass is 16.2. The van der Waals surface area contributed by atoms with Gasteiger partial charge in [0.2, 0.25) is 5.91 Å². The second kappa shape index (κ2) is 7.31. The number of urea groups is 1. The lowest BCUT2D eigenvalue weighted by Gasteiger charge is -2.02. The van der Waals surface area contributed by atoms with Crippen molar-refractivity contribution in [2.45, 2.75) is 6.54 Å². The van der Waals surface area contributed by atoms with E-state index in [2.05, 4.69) is 15.8 Å². The Morgan fingerprint density at radius 3 is 2.56 bits per heavy atom. The Kier molecular flexibility index (Phi) is 4.75. The van der Waals surface area contributed by atoms with E-state index < -0.39 is 11.9 Å². The van der Waals surface area contributed by atoms with Crippen LogP contribution in [0.5, 0.6) is 0 Å². The molecule has 0 atom stereocenters. The Morgan fingerprint density at radius 1 is 1.08 bits per heavy atom. The van der Waals surface area contributed by atoms with Crippen LogP contribution in [0.15, 0.2) is 65.9 Å². The second-order valence-corrected chi connectivity index (χ2v) is 5.39. The maximum Gasteiger partial charge on any atom is 0.339 e. The van der Waals surface area contributed by atoms with E-state index in [1.54, 1.807) is 22.9 Å². The molecule has 3 aromatic rings. The summed E-state index contributed by atoms with van der Waals surface area (Å²) >= 11 is 0. The Balaban J connectivity index is 1.73. The molecule has 7 heteroatoms. The van der Waals surface area contributed by atoms with Crippen molar-refractivity contribution in [1.82, 2.24) is 9.99 Å². The Morgan fingerprint density at radius 2 is 1.80 bits per heavy atom. The van der Waals surface area contributed by atoms with Gasteiger partial charge in [-0.15, -0.1) is 0 Å². The summed E-state index contributed by atoms with van der Waals surface area (Å²) in [4.78, 5) is 23.0. The fraction of sp³-hybridized carbons (Fsp3) is 0.0556. The number of nitrogens with zero attached hydrogens (tertiary/aromatic N) is 2. The van der Waals surface area contributed by atoms with Crippen molar-refractivity contribution < 1.29 is 9.59 Å². The number of nitrogens with two attached hydrogens (primary N) is 1. The first-order chi connectivity index (χ1) is 12.1. The molecule has 0 radical (unpaired) electrons. The molecule has 0 aliphatic heterocycles. The molecular formula is C18H17N5O2. The number of anilines is 1. The van der Waals surface area contributed by atoms with Gasteiger partial charge >= 0.3 is 6.03 Å². The lowest BCUT2D eigenvalue weighted by atomic mass is 10.2. The van der Waals surface area contributed by atoms with Crippen LogP contribution in [0.2, 0.25) is 0 Å². The number of hydrogen-bond acceptors (Lipinski definition) is 3. The number of hydrazone groups is 1. The minimum Gasteiger partial charge on any atom is -0.368 e. The first kappa shape index (κ1) is 16.3. The number of benzene rings is 2. The number of fused-ring (bicyclic) bond motifs is 1. The third kappa shape index (κ3) is 4.03. The topological polar surface area (TPSA) is 102 Å². The van der Waals surface area contributed by atoms with E-state index in [4.69, 9.17) is 5.73 Å². The predicted octanol–water partition coefficient (Wildman–Crippen LogP) is 2.28. The molecule has 25 heavy (non-hydrogen) atoms. The Labute approximate surface area is 144 Å². The average molecular weight is 335 g/mol. The van der Waals surface area contributed by atoms with Crippen LogP contribution in [0.1, 0.15) is 5.56 Å². The zero-order valence-corrected chi connectivity index (χ0v) is 13.3. The number of hydrogen-bond donors (Lipinski definition) is 3. The molecule has 1 heterocycles. The number of para-hydroxylation sites is 2. The summed E-state index contributed by atoms with van der Waals surface area (Å²) in [6, 6.07) is 16.2. The van der Waals surface area contributed by atoms with Crippen molar-refractivity contribution in [3.8, 4) is 0 Å². The molecule has 0 fully saturated rings. The van der Waals surface area contributed by atoms with E-state index in [1.807, 2.05) is 42.5 Å². The van der Waals surface area contributed by atoms with Crippen LogP contribution in [0, 0.1) is 0 Å². The summed E-state index contributed by atoms with van der Waals surface area (Å²) in [5, 5.41) is 7.54. The fourth-order valence-corrected chi connectivity index (χ4v) is 2.52. The lowest BCUT2D eigenvalue weighted by Crippen LogP contribution is -2.24. The van der Waals surface area contributed by atoms with Gasteiger partial charge in [0.1, 0.15) is 6.54 Å². The van der Waals surface area contributed by atoms with Crippen molar-refractivity contribution in [3.05, 3.63) is 66.4 Å². The summed E-state index contributed by atoms with van der Waals surface area (Å²) in [7, 11) is 0. The van der Waals surface area contributed by atoms with E-state index >= 15 is 0 Å². The number of carbonyl (C=O) groups excluding carboxylic acids is 2. The minimum atomic E-state index is -0.441. The zero-order chi connectivity index (χ0) is 17.6. The van der Waals surface area contributed by atoms with Crippen LogP contribution < -0.4 is 16.5 Å². The van der Waals surface area contributed by atoms with Crippen molar-refractivity contribution in [2.75, 3.05) is 5.32 Å². The van der Waals surface area contributed by atoms with Gasteiger partial charge < -0.3 is 15.6 Å². The van der Waals surface area contributed by atoms with Gasteiger partial charge in [-0.25, -0.2) is 10.2 Å². The summed E-state index contributed by atoms with van der Waals surface area (Å²) in [5.41, 5.74) is 10.0. The van der Waals surface area contributed by atoms with Crippen molar-refractivity contribution >= 4 is 34.7 Å². The molecule has 0 aliphatic carbocycles. The number of primary amides is 1. The standard InChI is InChI=1S/C18H17N5O2/c19-17(24)12-23-11-13(15-8-4-5-9-16(15)23)10-20-22-18(25)21-14-6-2-1-3-7-14/h1-11H,12H2,(H2,19,24)(H2,21,22,25)/b20-10+. The van der Waals surface area contributed by atoms with Gasteiger partial charge in [-0.2, -0.15) is 5.10 Å². The molecule has 2 aromatic carbocycles. The smallest absolute Gasteiger partial charge is 0.339 e. The fourth-order valence-electron chi connectivity index (χ4n) is 2.52. The SMILES string of the molecule is NC(=O)Cn1cc(/C=N/NC(=O)Nc2ccccc2)c2ccccc21. The van der Waals surface area contributed by atoms with E-state index in [0.717, 1.165) is 16.5 Å². The normalized spacial score (nSPS) is 10.9. The highest BCUT2D eigenvalue weighted by Gasteiger charge is 2.08. The van der Waals surface area contributed by atoms with Gasteiger partial charge in [0.15, 0.2) is 0 Å². The highest BCUT2D eigenvalue weighted by molar-refractivity contribution is 6.00. The molecule has 0 spiro atoms. The summed E-state index contributed by atoms with van der Waals surface area (Å²) in [6.07, 6.45) is 3.31. The zero-order valence-electron chi connectivity index (χ0n) is 13.3. The largest absolute Gasteiger partial charge is 0.368 e. The molecule has 3 amide bonds. The van der Waals surface area contributed by atoms with Crippen LogP contribution in [0.25, 0.3) is 10.9 Å². The van der Waals surface area contributed by atoms with E-state index in [0.29, 0.717) is 5.69 Å². The highest BCUT2D eigenvalue weighted by Crippen LogP contribution is 2.19. The van der Waals surface area contributed by atoms with Gasteiger partial charge in [0.25, 0.3) is 0 Å². The molecule has 3 rings (SSSR count). The van der Waals surface area contributed by atoms with E-state index in [1.165, 1.54) is 6.21 Å². The molecule has 126 valence electrons. The molecule has 1 aromatic heterocycles. The number of rotatable bonds is 5. The molecule has 0 aliphatic rings. The molecule has 0 bridgehead atoms. The van der Waals surface area contributed by atoms with Gasteiger partial charge in [-0.1, -0.05) is 36.4 Å². The Hall–Kier alpha value is -3.61. The summed E-state index contributed by atoms with van der Waals surface area (Å²) in [6.45, 7) is 0.0796. The monoisotopic (exact) mass is 335 g/mol. The minimum absolute atomic E-state index is 0.0796. The molecule has 4 N–H and O–H groups in total. The number of carbonyl (C=O) groups is 2. The molecule has 7 nitrogen and oxygen atoms in total. The maximum atomic E-state index is 11.8. The predicted molar refractivity (Wildman–Crippen MR) is 97.3 cm³/mol. The number of amides is 3. The van der Waals surface area contributed by atoms with Crippen molar-refractivity contribution in [2.24, 2.45) is 10.8 Å². The van der Waals surface area contributed by atoms with Crippen molar-refractivity contribution in [3.63, 3.8) is 0 Å². The van der Waals surface area contributed by atoms with Crippen LogP contribution in [0.4, 0.5) is 10.5 Å². The molecule has 0 saturated heterocycles. The lowest BCUT2D eigenvalue weighted by molar-refractivity contribution is -0.118. The number of aromatic nitrogens is 1. The number of nitrogens with one attached hydrogen (secondary N) is 2. The maximum absolute atomic E-state index is 11.8. The van der Waals surface area contributed by atoms with Gasteiger partial charge in [0, 0.05) is 28.4 Å². The molecule has 0 unspecified atom stereocenters. The van der Waals surface area contributed by atoms with Gasteiger partial charge in [-0.3, -0.25) is 4.79 Å². The van der Waals surface area contributed by atoms with Gasteiger partial charge in [-0.05, 0) is 18.2 Å². The summed E-state index contributed by atoms with van der Waals surface area (Å²) in [5.74, 6) is -0.426. The summed E-state index contributed by atoms with van der Waals surface area (Å²) < 4.78 is 1.75. The first-order valence-corrected chi connectivity index (χ1v) is 7.65. The quantitative estimate of drug-likeness (QED) is 0.492. The van der Waals surface area contributed by atoms with E-state index in [9.17, 15) is 9.59 Å². The van der Waals surface area contributed by atoms with Crippen LogP contribution in [0.3, 0.4) is 0 Å². The van der Waals surface area contributed by atoms with Crippen LogP contribution in [-0.4, -0.2) is 22.7 Å². The van der Waals surface area contributed by atoms with Gasteiger partial charge in [0.05, 0.1) is 6.21 Å². The average Bonchev–Trinajstić information content (AvgIpc) is 2.93. The Bertz CT molecular complexity index is 931. The third-order valence-electron chi connectivity index (χ3n) is 3.55. The molecule has 0 saturated carbocycles. The van der Waals surface area contributed by atoms with E-state index in [-0.39, 0.29) is 6.54 Å². The second-order valence-electron chi connectivity index (χ2n) is 5.39.